The van der Waals surface area contributed by atoms with E-state index in [-0.39, 0.29) is 10.9 Å². The van der Waals surface area contributed by atoms with Crippen LogP contribution in [0.5, 0.6) is 5.75 Å². The van der Waals surface area contributed by atoms with Gasteiger partial charge in [-0.2, -0.15) is 74.6 Å². The highest BCUT2D eigenvalue weighted by atomic mass is 32.2. The topological polar surface area (TPSA) is 66.4 Å². The number of methoxy groups -OCH3 is 1. The van der Waals surface area contributed by atoms with Crippen LogP contribution in [-0.4, -0.2) is 67.0 Å². The van der Waals surface area contributed by atoms with Crippen LogP contribution < -0.4 is 4.74 Å². The molecular weight excluding hydrogens is 799 g/mol. The smallest absolute Gasteiger partial charge is 0.460 e. The molecule has 23 heteroatoms. The summed E-state index contributed by atoms with van der Waals surface area (Å²) in [6.07, 6.45) is -7.89. The van der Waals surface area contributed by atoms with Crippen molar-refractivity contribution in [1.29, 1.82) is 0 Å². The van der Waals surface area contributed by atoms with Gasteiger partial charge < -0.3 is 9.29 Å². The van der Waals surface area contributed by atoms with Gasteiger partial charge in [0.1, 0.15) is 5.75 Å². The molecule has 3 aromatic rings. The van der Waals surface area contributed by atoms with Crippen LogP contribution in [0.15, 0.2) is 87.5 Å². The summed E-state index contributed by atoms with van der Waals surface area (Å²) in [7, 11) is -6.51. The molecule has 4 nitrogen and oxygen atoms in total. The average Bonchev–Trinajstić information content (AvgIpc) is 3.01. The molecule has 0 bridgehead atoms. The SMILES string of the molecule is COc1c(C)cc([S+](c2ccccc2)c2ccccc2)cc1C.O=S(=O)([O-])C(F)(F)C(F)(F)C(F)(F)C(F)(F)C(F)(F)C(F)(F)C(F)(F)C(F)(F)F. The Morgan fingerprint density at radius 2 is 0.827 bits per heavy atom. The minimum atomic E-state index is -8.92. The zero-order valence-electron chi connectivity index (χ0n) is 25.8. The molecule has 0 aromatic heterocycles. The molecule has 0 heterocycles. The van der Waals surface area contributed by atoms with Crippen LogP contribution in [0.1, 0.15) is 11.1 Å². The molecule has 0 aliphatic carbocycles. The predicted octanol–water partition coefficient (Wildman–Crippen LogP) is 9.91. The summed E-state index contributed by atoms with van der Waals surface area (Å²) in [5.74, 6) is -51.2. The molecule has 0 atom stereocenters. The molecule has 0 unspecified atom stereocenters. The quantitative estimate of drug-likeness (QED) is 0.110. The minimum Gasteiger partial charge on any atom is -0.743 e. The van der Waals surface area contributed by atoms with Crippen LogP contribution >= 0.6 is 0 Å². The highest BCUT2D eigenvalue weighted by Crippen LogP contribution is 2.64. The van der Waals surface area contributed by atoms with Gasteiger partial charge in [0.15, 0.2) is 24.8 Å². The number of halogens is 17. The molecule has 3 aromatic carbocycles. The lowest BCUT2D eigenvalue weighted by molar-refractivity contribution is -0.458. The summed E-state index contributed by atoms with van der Waals surface area (Å²) in [6.45, 7) is 4.24. The van der Waals surface area contributed by atoms with Gasteiger partial charge >= 0.3 is 47.0 Å². The van der Waals surface area contributed by atoms with E-state index in [4.69, 9.17) is 4.74 Å². The molecule has 0 saturated heterocycles. The Kier molecular flexibility index (Phi) is 12.4. The van der Waals surface area contributed by atoms with Crippen molar-refractivity contribution in [2.24, 2.45) is 0 Å². The molecule has 0 aliphatic heterocycles. The Morgan fingerprint density at radius 1 is 0.519 bits per heavy atom. The Balaban J connectivity index is 0.000000367. The Bertz CT molecular complexity index is 1740. The fraction of sp³-hybridized carbons (Fsp3) is 0.379. The number of aryl methyl sites for hydroxylation is 2. The first-order chi connectivity index (χ1) is 23.2. The molecule has 0 saturated carbocycles. The predicted molar refractivity (Wildman–Crippen MR) is 148 cm³/mol. The third-order valence-electron chi connectivity index (χ3n) is 6.84. The van der Waals surface area contributed by atoms with Gasteiger partial charge in [-0.05, 0) is 49.2 Å². The van der Waals surface area contributed by atoms with Crippen molar-refractivity contribution in [2.75, 3.05) is 7.11 Å². The van der Waals surface area contributed by atoms with Crippen LogP contribution in [-0.2, 0) is 21.0 Å². The number of hydrogen-bond donors (Lipinski definition) is 0. The summed E-state index contributed by atoms with van der Waals surface area (Å²) in [5.41, 5.74) is 2.37. The largest absolute Gasteiger partial charge is 0.743 e. The molecule has 3 rings (SSSR count). The van der Waals surface area contributed by atoms with Crippen molar-refractivity contribution in [3.63, 3.8) is 0 Å². The monoisotopic (exact) mass is 820 g/mol. The Labute approximate surface area is 285 Å². The minimum absolute atomic E-state index is 0.101. The number of hydrogen-bond acceptors (Lipinski definition) is 4. The fourth-order valence-electron chi connectivity index (χ4n) is 4.18. The zero-order chi connectivity index (χ0) is 40.7. The van der Waals surface area contributed by atoms with Crippen LogP contribution in [0.25, 0.3) is 0 Å². The Hall–Kier alpha value is -3.47. The summed E-state index contributed by atoms with van der Waals surface area (Å²) >= 11 is 0. The second-order valence-corrected chi connectivity index (χ2v) is 13.9. The van der Waals surface area contributed by atoms with Crippen LogP contribution in [0.2, 0.25) is 0 Å². The van der Waals surface area contributed by atoms with Crippen LogP contribution in [0.3, 0.4) is 0 Å². The number of alkyl halides is 17. The molecule has 0 radical (unpaired) electrons. The van der Waals surface area contributed by atoms with E-state index in [1.54, 1.807) is 7.11 Å². The van der Waals surface area contributed by atoms with Gasteiger partial charge in [-0.1, -0.05) is 36.4 Å². The van der Waals surface area contributed by atoms with Crippen LogP contribution in [0, 0.1) is 13.8 Å². The lowest BCUT2D eigenvalue weighted by Crippen LogP contribution is -2.75. The van der Waals surface area contributed by atoms with Crippen molar-refractivity contribution >= 4 is 21.0 Å². The lowest BCUT2D eigenvalue weighted by Gasteiger charge is -2.42. The van der Waals surface area contributed by atoms with E-state index in [0.29, 0.717) is 0 Å². The lowest BCUT2D eigenvalue weighted by atomic mass is 9.91. The first-order valence-corrected chi connectivity index (χ1v) is 16.0. The third-order valence-corrected chi connectivity index (χ3v) is 9.92. The fourth-order valence-corrected chi connectivity index (χ4v) is 6.88. The Morgan fingerprint density at radius 3 is 1.12 bits per heavy atom. The van der Waals surface area contributed by atoms with Gasteiger partial charge in [0, 0.05) is 12.1 Å². The normalized spacial score (nSPS) is 14.2. The maximum absolute atomic E-state index is 13.0. The van der Waals surface area contributed by atoms with E-state index in [1.807, 2.05) is 0 Å². The molecule has 0 amide bonds. The molecule has 0 aliphatic rings. The highest BCUT2D eigenvalue weighted by Gasteiger charge is 2.95. The number of benzene rings is 3. The first-order valence-electron chi connectivity index (χ1n) is 13.4. The number of rotatable bonds is 11. The van der Waals surface area contributed by atoms with E-state index >= 15 is 0 Å². The van der Waals surface area contributed by atoms with Gasteiger partial charge in [-0.15, -0.1) is 0 Å². The van der Waals surface area contributed by atoms with Gasteiger partial charge in [-0.3, -0.25) is 0 Å². The van der Waals surface area contributed by atoms with Crippen molar-refractivity contribution in [2.45, 2.75) is 75.5 Å². The standard InChI is InChI=1S/C21H21OS.C8HF17O3S/c1-16-14-20(15-17(2)21(16)22-3)23(18-10-6-4-7-11-18)19-12-8-5-9-13-19;9-1(10,3(13,14)5(17,18)7(21,22)23)2(11,12)4(15,16)6(19,20)8(24,25)29(26,27)28/h4-15H,1-3H3;(H,26,27,28)/q+1;/p-1. The molecular formula is C29H21F17O4S2. The first kappa shape index (κ1) is 44.7. The van der Waals surface area contributed by atoms with E-state index in [1.165, 1.54) is 25.8 Å². The summed E-state index contributed by atoms with van der Waals surface area (Å²) in [4.78, 5) is 4.00. The van der Waals surface area contributed by atoms with E-state index < -0.39 is 57.1 Å². The molecule has 0 fully saturated rings. The van der Waals surface area contributed by atoms with E-state index in [9.17, 15) is 87.6 Å². The second kappa shape index (κ2) is 14.4. The molecule has 292 valence electrons. The number of ether oxygens (including phenoxy) is 1. The van der Waals surface area contributed by atoms with E-state index in [0.717, 1.165) is 5.75 Å². The van der Waals surface area contributed by atoms with Gasteiger partial charge in [0.05, 0.1) is 18.0 Å². The van der Waals surface area contributed by atoms with E-state index in [2.05, 4.69) is 86.6 Å². The van der Waals surface area contributed by atoms with Gasteiger partial charge in [-0.25, -0.2) is 8.42 Å². The highest BCUT2D eigenvalue weighted by molar-refractivity contribution is 7.97. The molecule has 0 N–H and O–H groups in total. The van der Waals surface area contributed by atoms with Crippen LogP contribution in [0.4, 0.5) is 74.6 Å². The van der Waals surface area contributed by atoms with Crippen molar-refractivity contribution < 1.29 is 92.3 Å². The van der Waals surface area contributed by atoms with Gasteiger partial charge in [0.2, 0.25) is 0 Å². The summed E-state index contributed by atoms with van der Waals surface area (Å²) in [5, 5.41) is -7.95. The summed E-state index contributed by atoms with van der Waals surface area (Å²) in [6, 6.07) is 26.0. The zero-order valence-corrected chi connectivity index (χ0v) is 27.4. The maximum Gasteiger partial charge on any atom is 0.460 e. The maximum atomic E-state index is 13.0. The van der Waals surface area contributed by atoms with Crippen molar-refractivity contribution in [3.8, 4) is 5.75 Å². The summed E-state index contributed by atoms with van der Waals surface area (Å²) < 4.78 is 250. The van der Waals surface area contributed by atoms with Gasteiger partial charge in [0.25, 0.3) is 0 Å². The molecule has 0 spiro atoms. The van der Waals surface area contributed by atoms with Crippen molar-refractivity contribution in [1.82, 2.24) is 0 Å². The second-order valence-electron chi connectivity index (χ2n) is 10.4. The average molecular weight is 821 g/mol. The molecule has 52 heavy (non-hydrogen) atoms. The third kappa shape index (κ3) is 7.35. The van der Waals surface area contributed by atoms with Crippen molar-refractivity contribution in [3.05, 3.63) is 83.9 Å².